The zero-order chi connectivity index (χ0) is 23.1. The number of imide groups is 1. The Morgan fingerprint density at radius 1 is 1.19 bits per heavy atom. The molecule has 0 radical (unpaired) electrons. The minimum Gasteiger partial charge on any atom is -0.490 e. The molecule has 2 aromatic carbocycles. The fraction of sp³-hybridized carbons (Fsp3) is 0.261. The zero-order valence-electron chi connectivity index (χ0n) is 17.4. The van der Waals surface area contributed by atoms with E-state index >= 15 is 0 Å². The Bertz CT molecular complexity index is 1040. The second-order valence-corrected chi connectivity index (χ2v) is 8.72. The molecule has 32 heavy (non-hydrogen) atoms. The van der Waals surface area contributed by atoms with Gasteiger partial charge >= 0.3 is 5.97 Å². The lowest BCUT2D eigenvalue weighted by Crippen LogP contribution is -2.29. The fourth-order valence-electron chi connectivity index (χ4n) is 3.14. The molecule has 0 atom stereocenters. The van der Waals surface area contributed by atoms with Gasteiger partial charge in [0.25, 0.3) is 11.1 Å². The number of halogens is 1. The van der Waals surface area contributed by atoms with Gasteiger partial charge in [-0.3, -0.25) is 14.5 Å². The number of amides is 2. The third-order valence-corrected chi connectivity index (χ3v) is 6.03. The highest BCUT2D eigenvalue weighted by molar-refractivity contribution is 9.10. The number of carbonyl (C=O) groups is 3. The van der Waals surface area contributed by atoms with Gasteiger partial charge in [0.2, 0.25) is 0 Å². The third-order valence-electron chi connectivity index (χ3n) is 4.53. The lowest BCUT2D eigenvalue weighted by Gasteiger charge is -2.14. The first-order chi connectivity index (χ1) is 15.4. The van der Waals surface area contributed by atoms with E-state index < -0.39 is 12.6 Å². The van der Waals surface area contributed by atoms with Crippen LogP contribution in [0.25, 0.3) is 6.08 Å². The summed E-state index contributed by atoms with van der Waals surface area (Å²) in [6, 6.07) is 13.2. The van der Waals surface area contributed by atoms with Crippen LogP contribution in [-0.2, 0) is 16.0 Å². The second kappa shape index (κ2) is 11.2. The number of ether oxygens (including phenoxy) is 2. The van der Waals surface area contributed by atoms with Crippen LogP contribution < -0.4 is 9.47 Å². The molecule has 0 saturated carbocycles. The van der Waals surface area contributed by atoms with Crippen molar-refractivity contribution in [2.45, 2.75) is 19.8 Å². The smallest absolute Gasteiger partial charge is 0.341 e. The number of carboxylic acids is 1. The molecule has 0 unspecified atom stereocenters. The van der Waals surface area contributed by atoms with E-state index in [9.17, 15) is 14.4 Å². The van der Waals surface area contributed by atoms with Gasteiger partial charge in [0.15, 0.2) is 18.1 Å². The average Bonchev–Trinajstić information content (AvgIpc) is 3.01. The van der Waals surface area contributed by atoms with Gasteiger partial charge in [-0.25, -0.2) is 4.79 Å². The van der Waals surface area contributed by atoms with E-state index in [4.69, 9.17) is 14.6 Å². The Morgan fingerprint density at radius 3 is 2.62 bits per heavy atom. The Labute approximate surface area is 198 Å². The molecule has 1 N–H and O–H groups in total. The number of rotatable bonds is 10. The molecular weight excluding hydrogens is 498 g/mol. The van der Waals surface area contributed by atoms with E-state index in [1.807, 2.05) is 30.3 Å². The lowest BCUT2D eigenvalue weighted by atomic mass is 10.1. The van der Waals surface area contributed by atoms with E-state index in [1.165, 1.54) is 4.90 Å². The summed E-state index contributed by atoms with van der Waals surface area (Å²) in [5.74, 6) is -0.824. The highest BCUT2D eigenvalue weighted by Crippen LogP contribution is 2.39. The molecule has 1 aliphatic rings. The summed E-state index contributed by atoms with van der Waals surface area (Å²) in [4.78, 5) is 37.6. The molecule has 168 valence electrons. The SMILES string of the molecule is CCOc1cc(/C=C2/SC(=O)N(CCCc3ccccc3)C2=O)cc(Br)c1OCC(=O)O. The van der Waals surface area contributed by atoms with Crippen LogP contribution in [0, 0.1) is 0 Å². The molecule has 0 aromatic heterocycles. The number of aliphatic carboxylic acids is 1. The van der Waals surface area contributed by atoms with Crippen molar-refractivity contribution in [1.29, 1.82) is 0 Å². The molecule has 0 spiro atoms. The first-order valence-corrected chi connectivity index (χ1v) is 11.6. The summed E-state index contributed by atoms with van der Waals surface area (Å²) in [6.45, 7) is 1.98. The molecule has 1 heterocycles. The number of carboxylic acid groups (broad SMARTS) is 1. The van der Waals surface area contributed by atoms with Gasteiger partial charge in [-0.15, -0.1) is 0 Å². The van der Waals surface area contributed by atoms with Crippen molar-refractivity contribution < 1.29 is 29.0 Å². The first kappa shape index (κ1) is 23.9. The number of benzene rings is 2. The second-order valence-electron chi connectivity index (χ2n) is 6.87. The average molecular weight is 520 g/mol. The van der Waals surface area contributed by atoms with Crippen LogP contribution in [0.5, 0.6) is 11.5 Å². The van der Waals surface area contributed by atoms with E-state index in [0.29, 0.717) is 40.3 Å². The zero-order valence-corrected chi connectivity index (χ0v) is 19.8. The van der Waals surface area contributed by atoms with Crippen LogP contribution in [0.15, 0.2) is 51.8 Å². The number of thioether (sulfide) groups is 1. The van der Waals surface area contributed by atoms with Crippen LogP contribution in [0.2, 0.25) is 0 Å². The van der Waals surface area contributed by atoms with Crippen LogP contribution in [-0.4, -0.2) is 46.9 Å². The predicted octanol–water partition coefficient (Wildman–Crippen LogP) is 4.98. The Hall–Kier alpha value is -2.78. The summed E-state index contributed by atoms with van der Waals surface area (Å²) < 4.78 is 11.4. The van der Waals surface area contributed by atoms with Gasteiger partial charge in [0, 0.05) is 6.54 Å². The van der Waals surface area contributed by atoms with E-state index in [-0.39, 0.29) is 16.9 Å². The van der Waals surface area contributed by atoms with Crippen molar-refractivity contribution >= 4 is 50.9 Å². The minimum absolute atomic E-state index is 0.264. The molecule has 3 rings (SSSR count). The largest absolute Gasteiger partial charge is 0.490 e. The van der Waals surface area contributed by atoms with Crippen LogP contribution in [0.4, 0.5) is 4.79 Å². The highest BCUT2D eigenvalue weighted by atomic mass is 79.9. The molecule has 2 aromatic rings. The maximum Gasteiger partial charge on any atom is 0.341 e. The van der Waals surface area contributed by atoms with Crippen molar-refractivity contribution in [3.8, 4) is 11.5 Å². The van der Waals surface area contributed by atoms with Gasteiger partial charge in [0.1, 0.15) is 0 Å². The van der Waals surface area contributed by atoms with Crippen molar-refractivity contribution in [2.24, 2.45) is 0 Å². The highest BCUT2D eigenvalue weighted by Gasteiger charge is 2.34. The summed E-state index contributed by atoms with van der Waals surface area (Å²) in [7, 11) is 0. The Morgan fingerprint density at radius 2 is 1.94 bits per heavy atom. The standard InChI is InChI=1S/C23H22BrNO6S/c1-2-30-18-12-16(11-17(24)21(18)31-14-20(26)27)13-19-22(28)25(23(29)32-19)10-6-9-15-7-4-3-5-8-15/h3-5,7-8,11-13H,2,6,9-10,14H2,1H3,(H,26,27)/b19-13+. The molecule has 1 fully saturated rings. The Balaban J connectivity index is 1.73. The van der Waals surface area contributed by atoms with Gasteiger partial charge in [0.05, 0.1) is 16.0 Å². The lowest BCUT2D eigenvalue weighted by molar-refractivity contribution is -0.139. The molecule has 7 nitrogen and oxygen atoms in total. The first-order valence-electron chi connectivity index (χ1n) is 9.99. The van der Waals surface area contributed by atoms with Crippen LogP contribution >= 0.6 is 27.7 Å². The summed E-state index contributed by atoms with van der Waals surface area (Å²) in [5.41, 5.74) is 1.78. The predicted molar refractivity (Wildman–Crippen MR) is 126 cm³/mol. The molecular formula is C23H22BrNO6S. The van der Waals surface area contributed by atoms with Gasteiger partial charge in [-0.1, -0.05) is 30.3 Å². The molecule has 1 aliphatic heterocycles. The van der Waals surface area contributed by atoms with E-state index in [0.717, 1.165) is 23.7 Å². The monoisotopic (exact) mass is 519 g/mol. The number of nitrogens with zero attached hydrogens (tertiary/aromatic N) is 1. The topological polar surface area (TPSA) is 93.1 Å². The number of aryl methyl sites for hydroxylation is 1. The van der Waals surface area contributed by atoms with Gasteiger partial charge < -0.3 is 14.6 Å². The van der Waals surface area contributed by atoms with E-state index in [1.54, 1.807) is 25.1 Å². The summed E-state index contributed by atoms with van der Waals surface area (Å²) in [6.07, 6.45) is 3.09. The number of carbonyl (C=O) groups excluding carboxylic acids is 2. The van der Waals surface area contributed by atoms with Crippen LogP contribution in [0.3, 0.4) is 0 Å². The molecule has 0 bridgehead atoms. The van der Waals surface area contributed by atoms with Crippen molar-refractivity contribution in [2.75, 3.05) is 19.8 Å². The normalized spacial score (nSPS) is 14.8. The van der Waals surface area contributed by atoms with Crippen molar-refractivity contribution in [1.82, 2.24) is 4.90 Å². The minimum atomic E-state index is -1.11. The van der Waals surface area contributed by atoms with Gasteiger partial charge in [-0.2, -0.15) is 0 Å². The quantitative estimate of drug-likeness (QED) is 0.442. The van der Waals surface area contributed by atoms with Crippen molar-refractivity contribution in [3.63, 3.8) is 0 Å². The Kier molecular flexibility index (Phi) is 8.35. The van der Waals surface area contributed by atoms with E-state index in [2.05, 4.69) is 15.9 Å². The fourth-order valence-corrected chi connectivity index (χ4v) is 4.58. The molecule has 1 saturated heterocycles. The molecule has 9 heteroatoms. The summed E-state index contributed by atoms with van der Waals surface area (Å²) >= 11 is 4.27. The van der Waals surface area contributed by atoms with Crippen molar-refractivity contribution in [3.05, 3.63) is 63.0 Å². The summed E-state index contributed by atoms with van der Waals surface area (Å²) in [5, 5.41) is 8.58. The van der Waals surface area contributed by atoms with Gasteiger partial charge in [-0.05, 0) is 76.8 Å². The van der Waals surface area contributed by atoms with Crippen LogP contribution in [0.1, 0.15) is 24.5 Å². The maximum atomic E-state index is 12.8. The maximum absolute atomic E-state index is 12.8. The molecule has 2 amide bonds. The third kappa shape index (κ3) is 6.14. The molecule has 0 aliphatic carbocycles. The number of hydrogen-bond acceptors (Lipinski definition) is 6. The number of hydrogen-bond donors (Lipinski definition) is 1.